The number of aryl methyl sites for hydroxylation is 1. The molecule has 0 spiro atoms. The summed E-state index contributed by atoms with van der Waals surface area (Å²) in [7, 11) is 0. The molecule has 0 aliphatic carbocycles. The lowest BCUT2D eigenvalue weighted by atomic mass is 10.1. The van der Waals surface area contributed by atoms with Gasteiger partial charge in [-0.2, -0.15) is 0 Å². The summed E-state index contributed by atoms with van der Waals surface area (Å²) >= 11 is 2.70. The molecule has 1 amide bonds. The number of hydrogen-bond acceptors (Lipinski definition) is 5. The minimum Gasteiger partial charge on any atom is -0.451 e. The molecule has 2 heterocycles. The summed E-state index contributed by atoms with van der Waals surface area (Å²) in [5, 5.41) is 5.03. The molecule has 2 aromatic heterocycles. The van der Waals surface area contributed by atoms with E-state index in [2.05, 4.69) is 5.32 Å². The van der Waals surface area contributed by atoms with Gasteiger partial charge in [0.15, 0.2) is 6.61 Å². The number of esters is 1. The third-order valence-corrected chi connectivity index (χ3v) is 5.58. The Hall–Kier alpha value is -2.25. The first-order chi connectivity index (χ1) is 11.6. The van der Waals surface area contributed by atoms with Gasteiger partial charge in [-0.1, -0.05) is 12.1 Å². The first-order valence-corrected chi connectivity index (χ1v) is 8.89. The first kappa shape index (κ1) is 16.6. The lowest BCUT2D eigenvalue weighted by Crippen LogP contribution is -2.28. The molecular weight excluding hydrogens is 349 g/mol. The van der Waals surface area contributed by atoms with E-state index in [0.29, 0.717) is 27.1 Å². The van der Waals surface area contributed by atoms with Gasteiger partial charge >= 0.3 is 5.97 Å². The lowest BCUT2D eigenvalue weighted by molar-refractivity contribution is -0.124. The van der Waals surface area contributed by atoms with Crippen LogP contribution >= 0.6 is 22.7 Å². The SMILES string of the molecule is Cc1c(C(=O)OCC(=O)NCc2cccs2)sc2cccc(F)c12. The molecule has 0 radical (unpaired) electrons. The van der Waals surface area contributed by atoms with Gasteiger partial charge in [0.2, 0.25) is 0 Å². The number of carbonyl (C=O) groups is 2. The second-order valence-corrected chi connectivity index (χ2v) is 7.19. The van der Waals surface area contributed by atoms with Gasteiger partial charge < -0.3 is 10.1 Å². The largest absolute Gasteiger partial charge is 0.451 e. The van der Waals surface area contributed by atoms with Crippen LogP contribution in [0.15, 0.2) is 35.7 Å². The van der Waals surface area contributed by atoms with Gasteiger partial charge in [-0.3, -0.25) is 4.79 Å². The van der Waals surface area contributed by atoms with E-state index in [9.17, 15) is 14.0 Å². The third kappa shape index (κ3) is 3.47. The summed E-state index contributed by atoms with van der Waals surface area (Å²) in [6.07, 6.45) is 0. The van der Waals surface area contributed by atoms with E-state index < -0.39 is 5.97 Å². The second kappa shape index (κ2) is 7.11. The Morgan fingerprint density at radius 2 is 2.08 bits per heavy atom. The van der Waals surface area contributed by atoms with Crippen LogP contribution < -0.4 is 5.32 Å². The fourth-order valence-electron chi connectivity index (χ4n) is 2.29. The van der Waals surface area contributed by atoms with Crippen molar-refractivity contribution < 1.29 is 18.7 Å². The lowest BCUT2D eigenvalue weighted by Gasteiger charge is -2.05. The van der Waals surface area contributed by atoms with Crippen LogP contribution in [-0.4, -0.2) is 18.5 Å². The van der Waals surface area contributed by atoms with Crippen molar-refractivity contribution in [3.8, 4) is 0 Å². The number of fused-ring (bicyclic) bond motifs is 1. The molecule has 1 aromatic carbocycles. The fourth-order valence-corrected chi connectivity index (χ4v) is 4.06. The van der Waals surface area contributed by atoms with Gasteiger partial charge in [-0.15, -0.1) is 22.7 Å². The molecule has 0 atom stereocenters. The number of amides is 1. The minimum absolute atomic E-state index is 0.321. The number of thiophene rings is 2. The maximum absolute atomic E-state index is 13.9. The number of halogens is 1. The smallest absolute Gasteiger partial charge is 0.349 e. The topological polar surface area (TPSA) is 55.4 Å². The molecule has 0 aliphatic heterocycles. The second-order valence-electron chi connectivity index (χ2n) is 5.10. The van der Waals surface area contributed by atoms with Crippen LogP contribution in [0, 0.1) is 12.7 Å². The van der Waals surface area contributed by atoms with Gasteiger partial charge in [0.1, 0.15) is 10.7 Å². The molecule has 3 aromatic rings. The molecular formula is C17H14FNO3S2. The molecule has 4 nitrogen and oxygen atoms in total. The van der Waals surface area contributed by atoms with Crippen molar-refractivity contribution in [1.29, 1.82) is 0 Å². The fraction of sp³-hybridized carbons (Fsp3) is 0.176. The van der Waals surface area contributed by atoms with Gasteiger partial charge in [0.25, 0.3) is 5.91 Å². The molecule has 0 bridgehead atoms. The predicted octanol–water partition coefficient (Wildman–Crippen LogP) is 3.88. The molecule has 0 unspecified atom stereocenters. The molecule has 1 N–H and O–H groups in total. The van der Waals surface area contributed by atoms with E-state index in [-0.39, 0.29) is 18.3 Å². The third-order valence-electron chi connectivity index (χ3n) is 3.46. The molecule has 0 saturated carbocycles. The molecule has 7 heteroatoms. The van der Waals surface area contributed by atoms with Crippen LogP contribution in [0.1, 0.15) is 20.1 Å². The van der Waals surface area contributed by atoms with Crippen LogP contribution in [0.4, 0.5) is 4.39 Å². The molecule has 24 heavy (non-hydrogen) atoms. The van der Waals surface area contributed by atoms with E-state index >= 15 is 0 Å². The van der Waals surface area contributed by atoms with E-state index in [1.165, 1.54) is 17.4 Å². The van der Waals surface area contributed by atoms with Crippen LogP contribution in [0.25, 0.3) is 10.1 Å². The molecule has 124 valence electrons. The standard InChI is InChI=1S/C17H14FNO3S2/c1-10-15-12(18)5-2-6-13(15)24-16(10)17(21)22-9-14(20)19-8-11-4-3-7-23-11/h2-7H,8-9H2,1H3,(H,19,20). The van der Waals surface area contributed by atoms with E-state index in [1.54, 1.807) is 19.1 Å². The van der Waals surface area contributed by atoms with Crippen molar-refractivity contribution in [2.75, 3.05) is 6.61 Å². The van der Waals surface area contributed by atoms with Crippen LogP contribution in [0.3, 0.4) is 0 Å². The van der Waals surface area contributed by atoms with Crippen molar-refractivity contribution >= 4 is 44.6 Å². The highest BCUT2D eigenvalue weighted by Gasteiger charge is 2.19. The van der Waals surface area contributed by atoms with Crippen molar-refractivity contribution in [2.24, 2.45) is 0 Å². The van der Waals surface area contributed by atoms with E-state index in [0.717, 1.165) is 16.2 Å². The van der Waals surface area contributed by atoms with Gasteiger partial charge in [0.05, 0.1) is 6.54 Å². The molecule has 0 aliphatic rings. The van der Waals surface area contributed by atoms with E-state index in [1.807, 2.05) is 17.5 Å². The van der Waals surface area contributed by atoms with E-state index in [4.69, 9.17) is 4.74 Å². The average molecular weight is 363 g/mol. The number of ether oxygens (including phenoxy) is 1. The first-order valence-electron chi connectivity index (χ1n) is 7.20. The Morgan fingerprint density at radius 1 is 1.25 bits per heavy atom. The normalized spacial score (nSPS) is 10.8. The molecule has 0 fully saturated rings. The van der Waals surface area contributed by atoms with Gasteiger partial charge in [0, 0.05) is 15.0 Å². The Balaban J connectivity index is 1.62. The number of carbonyl (C=O) groups excluding carboxylic acids is 2. The van der Waals surface area contributed by atoms with Crippen molar-refractivity contribution in [2.45, 2.75) is 13.5 Å². The Morgan fingerprint density at radius 3 is 2.79 bits per heavy atom. The summed E-state index contributed by atoms with van der Waals surface area (Å²) < 4.78 is 19.6. The zero-order valence-corrected chi connectivity index (χ0v) is 14.4. The maximum atomic E-state index is 13.9. The summed E-state index contributed by atoms with van der Waals surface area (Å²) in [6, 6.07) is 8.51. The number of rotatable bonds is 5. The van der Waals surface area contributed by atoms with Crippen LogP contribution in [-0.2, 0) is 16.1 Å². The zero-order valence-electron chi connectivity index (χ0n) is 12.8. The molecule has 3 rings (SSSR count). The summed E-state index contributed by atoms with van der Waals surface area (Å²) in [6.45, 7) is 1.72. The van der Waals surface area contributed by atoms with Crippen LogP contribution in [0.2, 0.25) is 0 Å². The number of hydrogen-bond donors (Lipinski definition) is 1. The summed E-state index contributed by atoms with van der Waals surface area (Å²) in [5.74, 6) is -1.35. The number of nitrogens with one attached hydrogen (secondary N) is 1. The molecule has 0 saturated heterocycles. The Kier molecular flexibility index (Phi) is 4.92. The predicted molar refractivity (Wildman–Crippen MR) is 93.0 cm³/mol. The van der Waals surface area contributed by atoms with Crippen molar-refractivity contribution in [3.05, 3.63) is 56.8 Å². The average Bonchev–Trinajstić information content (AvgIpc) is 3.19. The zero-order chi connectivity index (χ0) is 17.1. The van der Waals surface area contributed by atoms with Crippen molar-refractivity contribution in [3.63, 3.8) is 0 Å². The summed E-state index contributed by atoms with van der Waals surface area (Å²) in [4.78, 5) is 25.3. The highest BCUT2D eigenvalue weighted by atomic mass is 32.1. The Bertz CT molecular complexity index is 887. The monoisotopic (exact) mass is 363 g/mol. The van der Waals surface area contributed by atoms with Gasteiger partial charge in [-0.25, -0.2) is 9.18 Å². The van der Waals surface area contributed by atoms with Crippen LogP contribution in [0.5, 0.6) is 0 Å². The summed E-state index contributed by atoms with van der Waals surface area (Å²) in [5.41, 5.74) is 0.539. The minimum atomic E-state index is -0.612. The highest BCUT2D eigenvalue weighted by molar-refractivity contribution is 7.21. The maximum Gasteiger partial charge on any atom is 0.349 e. The quantitative estimate of drug-likeness (QED) is 0.700. The number of benzene rings is 1. The van der Waals surface area contributed by atoms with Gasteiger partial charge in [-0.05, 0) is 36.1 Å². The Labute approximate surface area is 145 Å². The highest BCUT2D eigenvalue weighted by Crippen LogP contribution is 2.32. The van der Waals surface area contributed by atoms with Crippen molar-refractivity contribution in [1.82, 2.24) is 5.32 Å².